The summed E-state index contributed by atoms with van der Waals surface area (Å²) in [5.41, 5.74) is 5.29. The van der Waals surface area contributed by atoms with Crippen molar-refractivity contribution in [3.63, 3.8) is 0 Å². The molecule has 18 heavy (non-hydrogen) atoms. The zero-order chi connectivity index (χ0) is 13.6. The molecule has 0 aliphatic carbocycles. The fraction of sp³-hybridized carbons (Fsp3) is 0.600. The normalized spacial score (nSPS) is 13.6. The largest absolute Gasteiger partial charge is 0.379 e. The number of hydrogen-bond donors (Lipinski definition) is 2. The van der Waals surface area contributed by atoms with Crippen molar-refractivity contribution in [1.82, 2.24) is 5.43 Å². The molecule has 0 fully saturated rings. The van der Waals surface area contributed by atoms with E-state index in [1.165, 1.54) is 17.5 Å². The smallest absolute Gasteiger partial charge is 0.0641 e. The Labute approximate surface area is 111 Å². The third kappa shape index (κ3) is 4.41. The number of aryl methyl sites for hydroxylation is 1. The minimum Gasteiger partial charge on any atom is -0.379 e. The molecule has 3 heteroatoms. The molecule has 102 valence electrons. The average molecular weight is 250 g/mol. The van der Waals surface area contributed by atoms with Crippen molar-refractivity contribution >= 4 is 0 Å². The van der Waals surface area contributed by atoms with Gasteiger partial charge in [0.05, 0.1) is 5.60 Å². The molecule has 0 radical (unpaired) electrons. The first-order chi connectivity index (χ1) is 8.52. The molecule has 0 aliphatic heterocycles. The van der Waals surface area contributed by atoms with Gasteiger partial charge in [0.2, 0.25) is 0 Å². The maximum Gasteiger partial charge on any atom is 0.0641 e. The number of ether oxygens (including phenoxy) is 1. The van der Waals surface area contributed by atoms with Crippen LogP contribution in [0.2, 0.25) is 0 Å². The zero-order valence-electron chi connectivity index (χ0n) is 12.0. The summed E-state index contributed by atoms with van der Waals surface area (Å²) in [6, 6.07) is 8.80. The molecule has 0 aliphatic rings. The van der Waals surface area contributed by atoms with E-state index in [4.69, 9.17) is 10.6 Å². The number of hydrazine groups is 1. The Hall–Kier alpha value is -0.900. The van der Waals surface area contributed by atoms with Gasteiger partial charge < -0.3 is 4.74 Å². The van der Waals surface area contributed by atoms with E-state index in [1.807, 2.05) is 0 Å². The minimum absolute atomic E-state index is 0.121. The highest BCUT2D eigenvalue weighted by Gasteiger charge is 2.23. The van der Waals surface area contributed by atoms with E-state index in [0.717, 1.165) is 12.8 Å². The predicted molar refractivity (Wildman–Crippen MR) is 76.2 cm³/mol. The van der Waals surface area contributed by atoms with Crippen LogP contribution in [0.3, 0.4) is 0 Å². The summed E-state index contributed by atoms with van der Waals surface area (Å²) in [7, 11) is 1.73. The molecular weight excluding hydrogens is 224 g/mol. The second-order valence-electron chi connectivity index (χ2n) is 5.38. The summed E-state index contributed by atoms with van der Waals surface area (Å²) in [4.78, 5) is 0. The van der Waals surface area contributed by atoms with Gasteiger partial charge in [-0.1, -0.05) is 37.6 Å². The summed E-state index contributed by atoms with van der Waals surface area (Å²) in [6.45, 7) is 6.34. The lowest BCUT2D eigenvalue weighted by atomic mass is 9.93. The quantitative estimate of drug-likeness (QED) is 0.578. The van der Waals surface area contributed by atoms with Crippen LogP contribution in [-0.2, 0) is 11.2 Å². The van der Waals surface area contributed by atoms with Crippen LogP contribution in [0, 0.1) is 0 Å². The summed E-state index contributed by atoms with van der Waals surface area (Å²) in [6.07, 6.45) is 3.15. The highest BCUT2D eigenvalue weighted by atomic mass is 16.5. The topological polar surface area (TPSA) is 47.3 Å². The third-order valence-electron chi connectivity index (χ3n) is 3.37. The number of rotatable bonds is 7. The molecule has 1 rings (SSSR count). The van der Waals surface area contributed by atoms with Gasteiger partial charge in [-0.15, -0.1) is 0 Å². The second kappa shape index (κ2) is 6.88. The van der Waals surface area contributed by atoms with Gasteiger partial charge in [-0.25, -0.2) is 0 Å². The molecule has 1 unspecified atom stereocenters. The van der Waals surface area contributed by atoms with Crippen LogP contribution in [0.4, 0.5) is 0 Å². The monoisotopic (exact) mass is 250 g/mol. The zero-order valence-corrected chi connectivity index (χ0v) is 12.0. The lowest BCUT2D eigenvalue weighted by Crippen LogP contribution is -2.35. The van der Waals surface area contributed by atoms with E-state index < -0.39 is 0 Å². The van der Waals surface area contributed by atoms with Gasteiger partial charge in [-0.2, -0.15) is 0 Å². The molecule has 3 nitrogen and oxygen atoms in total. The van der Waals surface area contributed by atoms with E-state index in [0.29, 0.717) is 0 Å². The third-order valence-corrected chi connectivity index (χ3v) is 3.37. The highest BCUT2D eigenvalue weighted by Crippen LogP contribution is 2.25. The molecule has 1 aromatic rings. The molecule has 1 aromatic carbocycles. The minimum atomic E-state index is -0.181. The van der Waals surface area contributed by atoms with E-state index in [9.17, 15) is 0 Å². The van der Waals surface area contributed by atoms with Crippen LogP contribution < -0.4 is 11.3 Å². The fourth-order valence-corrected chi connectivity index (χ4v) is 2.05. The summed E-state index contributed by atoms with van der Waals surface area (Å²) < 4.78 is 5.46. The summed E-state index contributed by atoms with van der Waals surface area (Å²) in [5, 5.41) is 0. The van der Waals surface area contributed by atoms with Crippen LogP contribution in [-0.4, -0.2) is 12.7 Å². The molecular formula is C15H26N2O. The molecule has 0 saturated heterocycles. The van der Waals surface area contributed by atoms with E-state index >= 15 is 0 Å². The summed E-state index contributed by atoms with van der Waals surface area (Å²) >= 11 is 0. The van der Waals surface area contributed by atoms with Crippen LogP contribution in [0.5, 0.6) is 0 Å². The van der Waals surface area contributed by atoms with E-state index in [1.54, 1.807) is 7.11 Å². The van der Waals surface area contributed by atoms with Crippen molar-refractivity contribution in [3.8, 4) is 0 Å². The van der Waals surface area contributed by atoms with Crippen molar-refractivity contribution in [1.29, 1.82) is 0 Å². The van der Waals surface area contributed by atoms with Gasteiger partial charge in [0.15, 0.2) is 0 Å². The SMILES string of the molecule is CCCc1ccc(C(CC(C)(C)OC)NN)cc1. The molecule has 0 spiro atoms. The van der Waals surface area contributed by atoms with Gasteiger partial charge in [0, 0.05) is 13.2 Å². The van der Waals surface area contributed by atoms with Crippen LogP contribution in [0.15, 0.2) is 24.3 Å². The van der Waals surface area contributed by atoms with Crippen LogP contribution in [0.1, 0.15) is 50.8 Å². The Morgan fingerprint density at radius 2 is 1.89 bits per heavy atom. The lowest BCUT2D eigenvalue weighted by Gasteiger charge is -2.28. The van der Waals surface area contributed by atoms with E-state index in [-0.39, 0.29) is 11.6 Å². The molecule has 0 saturated carbocycles. The standard InChI is InChI=1S/C15H26N2O/c1-5-6-12-7-9-13(10-8-12)14(17-16)11-15(2,3)18-4/h7-10,14,17H,5-6,11,16H2,1-4H3. The van der Waals surface area contributed by atoms with Crippen molar-refractivity contribution in [2.24, 2.45) is 5.84 Å². The first-order valence-corrected chi connectivity index (χ1v) is 6.62. The number of benzene rings is 1. The molecule has 0 aromatic heterocycles. The van der Waals surface area contributed by atoms with Gasteiger partial charge >= 0.3 is 0 Å². The van der Waals surface area contributed by atoms with Crippen molar-refractivity contribution in [3.05, 3.63) is 35.4 Å². The second-order valence-corrected chi connectivity index (χ2v) is 5.38. The molecule has 1 atom stereocenters. The highest BCUT2D eigenvalue weighted by molar-refractivity contribution is 5.25. The predicted octanol–water partition coefficient (Wildman–Crippen LogP) is 2.96. The maximum absolute atomic E-state index is 5.66. The summed E-state index contributed by atoms with van der Waals surface area (Å²) in [5.74, 6) is 5.66. The van der Waals surface area contributed by atoms with Gasteiger partial charge in [0.25, 0.3) is 0 Å². The Bertz CT molecular complexity index is 346. The molecule has 3 N–H and O–H groups in total. The fourth-order valence-electron chi connectivity index (χ4n) is 2.05. The molecule has 0 amide bonds. The van der Waals surface area contributed by atoms with Gasteiger partial charge in [-0.3, -0.25) is 11.3 Å². The molecule has 0 heterocycles. The van der Waals surface area contributed by atoms with Crippen molar-refractivity contribution in [2.75, 3.05) is 7.11 Å². The molecule has 0 bridgehead atoms. The number of nitrogens with two attached hydrogens (primary N) is 1. The Morgan fingerprint density at radius 1 is 1.28 bits per heavy atom. The number of nitrogens with one attached hydrogen (secondary N) is 1. The van der Waals surface area contributed by atoms with Crippen molar-refractivity contribution < 1.29 is 4.74 Å². The number of hydrogen-bond acceptors (Lipinski definition) is 3. The van der Waals surface area contributed by atoms with Crippen molar-refractivity contribution in [2.45, 2.75) is 51.7 Å². The average Bonchev–Trinajstić information content (AvgIpc) is 2.37. The first kappa shape index (κ1) is 15.2. The van der Waals surface area contributed by atoms with Crippen LogP contribution in [0.25, 0.3) is 0 Å². The Morgan fingerprint density at radius 3 is 2.33 bits per heavy atom. The van der Waals surface area contributed by atoms with Gasteiger partial charge in [-0.05, 0) is 37.8 Å². The van der Waals surface area contributed by atoms with E-state index in [2.05, 4.69) is 50.5 Å². The number of methoxy groups -OCH3 is 1. The Balaban J connectivity index is 2.76. The Kier molecular flexibility index (Phi) is 5.79. The lowest BCUT2D eigenvalue weighted by molar-refractivity contribution is 0.00681. The van der Waals surface area contributed by atoms with Crippen LogP contribution >= 0.6 is 0 Å². The van der Waals surface area contributed by atoms with Gasteiger partial charge in [0.1, 0.15) is 0 Å². The first-order valence-electron chi connectivity index (χ1n) is 6.62. The maximum atomic E-state index is 5.66.